The highest BCUT2D eigenvalue weighted by Gasteiger charge is 2.21. The van der Waals surface area contributed by atoms with Gasteiger partial charge >= 0.3 is 0 Å². The summed E-state index contributed by atoms with van der Waals surface area (Å²) in [5.74, 6) is 0.868. The van der Waals surface area contributed by atoms with E-state index in [1.54, 1.807) is 13.2 Å². The summed E-state index contributed by atoms with van der Waals surface area (Å²) in [4.78, 5) is 10.9. The van der Waals surface area contributed by atoms with Gasteiger partial charge in [0.05, 0.1) is 7.11 Å². The maximum absolute atomic E-state index is 10.9. The summed E-state index contributed by atoms with van der Waals surface area (Å²) in [5, 5.41) is 0. The minimum absolute atomic E-state index is 0.0603. The Kier molecular flexibility index (Phi) is 4.78. The Labute approximate surface area is 113 Å². The fourth-order valence-corrected chi connectivity index (χ4v) is 1.61. The van der Waals surface area contributed by atoms with Crippen LogP contribution in [0.25, 0.3) is 0 Å². The van der Waals surface area contributed by atoms with E-state index in [1.165, 1.54) is 0 Å². The third-order valence-corrected chi connectivity index (χ3v) is 2.78. The number of hydrogen-bond donors (Lipinski definition) is 2. The lowest BCUT2D eigenvalue weighted by Crippen LogP contribution is -2.41. The highest BCUT2D eigenvalue weighted by atomic mass is 16.5. The number of rotatable bonds is 5. The van der Waals surface area contributed by atoms with Crippen LogP contribution in [-0.2, 0) is 10.2 Å². The summed E-state index contributed by atoms with van der Waals surface area (Å²) < 4.78 is 10.8. The van der Waals surface area contributed by atoms with E-state index in [1.807, 2.05) is 12.1 Å². The van der Waals surface area contributed by atoms with Gasteiger partial charge in [0.2, 0.25) is 5.91 Å². The maximum atomic E-state index is 10.9. The second-order valence-corrected chi connectivity index (χ2v) is 5.43. The van der Waals surface area contributed by atoms with Crippen molar-refractivity contribution in [3.63, 3.8) is 0 Å². The van der Waals surface area contributed by atoms with Crippen molar-refractivity contribution in [2.45, 2.75) is 32.2 Å². The molecular weight excluding hydrogens is 244 g/mol. The Hall–Kier alpha value is -1.75. The topological polar surface area (TPSA) is 87.6 Å². The minimum atomic E-state index is -0.810. The van der Waals surface area contributed by atoms with Gasteiger partial charge in [0.1, 0.15) is 24.1 Å². The van der Waals surface area contributed by atoms with Crippen LogP contribution in [-0.4, -0.2) is 25.7 Å². The standard InChI is InChI=1S/C14H22N2O3/c1-14(2,3)10-7-9(18-4)5-6-12(10)19-8-11(15)13(16)17/h5-7,11H,8,15H2,1-4H3,(H2,16,17). The molecule has 0 bridgehead atoms. The van der Waals surface area contributed by atoms with Crippen LogP contribution in [0.1, 0.15) is 26.3 Å². The molecule has 1 unspecified atom stereocenters. The molecule has 4 N–H and O–H groups in total. The van der Waals surface area contributed by atoms with Crippen LogP contribution in [0.4, 0.5) is 0 Å². The molecule has 0 saturated carbocycles. The molecule has 5 nitrogen and oxygen atoms in total. The molecule has 106 valence electrons. The van der Waals surface area contributed by atoms with Gasteiger partial charge in [0, 0.05) is 5.56 Å². The van der Waals surface area contributed by atoms with Crippen molar-refractivity contribution >= 4 is 5.91 Å². The molecule has 1 amide bonds. The van der Waals surface area contributed by atoms with Gasteiger partial charge in [-0.1, -0.05) is 20.8 Å². The molecule has 0 heterocycles. The van der Waals surface area contributed by atoms with E-state index in [-0.39, 0.29) is 12.0 Å². The van der Waals surface area contributed by atoms with Crippen molar-refractivity contribution in [3.05, 3.63) is 23.8 Å². The van der Waals surface area contributed by atoms with Gasteiger partial charge in [-0.25, -0.2) is 0 Å². The van der Waals surface area contributed by atoms with Crippen molar-refractivity contribution in [2.24, 2.45) is 11.5 Å². The van der Waals surface area contributed by atoms with Crippen molar-refractivity contribution in [3.8, 4) is 11.5 Å². The first kappa shape index (κ1) is 15.3. The second-order valence-electron chi connectivity index (χ2n) is 5.43. The zero-order valence-electron chi connectivity index (χ0n) is 11.9. The molecule has 1 aromatic rings. The molecular formula is C14H22N2O3. The van der Waals surface area contributed by atoms with Crippen LogP contribution in [0, 0.1) is 0 Å². The molecule has 0 radical (unpaired) electrons. The number of carbonyl (C=O) groups is 1. The Morgan fingerprint density at radius 3 is 2.47 bits per heavy atom. The number of benzene rings is 1. The minimum Gasteiger partial charge on any atom is -0.497 e. The third-order valence-electron chi connectivity index (χ3n) is 2.78. The van der Waals surface area contributed by atoms with Gasteiger partial charge in [-0.3, -0.25) is 4.79 Å². The zero-order chi connectivity index (χ0) is 14.6. The van der Waals surface area contributed by atoms with E-state index in [0.29, 0.717) is 5.75 Å². The summed E-state index contributed by atoms with van der Waals surface area (Å²) in [7, 11) is 1.62. The first-order chi connectivity index (χ1) is 8.75. The molecule has 1 rings (SSSR count). The Morgan fingerprint density at radius 1 is 1.37 bits per heavy atom. The molecule has 0 aliphatic heterocycles. The van der Waals surface area contributed by atoms with Crippen molar-refractivity contribution in [1.29, 1.82) is 0 Å². The van der Waals surface area contributed by atoms with Crippen LogP contribution in [0.3, 0.4) is 0 Å². The van der Waals surface area contributed by atoms with Gasteiger partial charge in [-0.15, -0.1) is 0 Å². The molecule has 0 fully saturated rings. The van der Waals surface area contributed by atoms with Crippen molar-refractivity contribution < 1.29 is 14.3 Å². The number of primary amides is 1. The quantitative estimate of drug-likeness (QED) is 0.837. The van der Waals surface area contributed by atoms with Crippen molar-refractivity contribution in [2.75, 3.05) is 13.7 Å². The predicted molar refractivity (Wildman–Crippen MR) is 74.4 cm³/mol. The first-order valence-electron chi connectivity index (χ1n) is 6.12. The van der Waals surface area contributed by atoms with Crippen LogP contribution in [0.5, 0.6) is 11.5 Å². The Morgan fingerprint density at radius 2 is 2.00 bits per heavy atom. The predicted octanol–water partition coefficient (Wildman–Crippen LogP) is 1.18. The Balaban J connectivity index is 2.97. The smallest absolute Gasteiger partial charge is 0.237 e. The maximum Gasteiger partial charge on any atom is 0.237 e. The van der Waals surface area contributed by atoms with Crippen LogP contribution < -0.4 is 20.9 Å². The normalized spacial score (nSPS) is 12.9. The zero-order valence-corrected chi connectivity index (χ0v) is 11.9. The Bertz CT molecular complexity index is 452. The summed E-state index contributed by atoms with van der Waals surface area (Å²) in [6, 6.07) is 4.73. The largest absolute Gasteiger partial charge is 0.497 e. The first-order valence-corrected chi connectivity index (χ1v) is 6.12. The number of nitrogens with two attached hydrogens (primary N) is 2. The highest BCUT2D eigenvalue weighted by molar-refractivity contribution is 5.79. The van der Waals surface area contributed by atoms with E-state index in [0.717, 1.165) is 11.3 Å². The lowest BCUT2D eigenvalue weighted by Gasteiger charge is -2.24. The summed E-state index contributed by atoms with van der Waals surface area (Å²) in [5.41, 5.74) is 11.5. The molecule has 0 spiro atoms. The van der Waals surface area contributed by atoms with E-state index >= 15 is 0 Å². The summed E-state index contributed by atoms with van der Waals surface area (Å²) >= 11 is 0. The molecule has 0 aliphatic rings. The number of carbonyl (C=O) groups excluding carboxylic acids is 1. The van der Waals surface area contributed by atoms with E-state index in [2.05, 4.69) is 20.8 Å². The summed E-state index contributed by atoms with van der Waals surface area (Å²) in [6.45, 7) is 6.28. The van der Waals surface area contributed by atoms with Gasteiger partial charge in [0.15, 0.2) is 0 Å². The molecule has 1 aromatic carbocycles. The van der Waals surface area contributed by atoms with E-state index in [4.69, 9.17) is 20.9 Å². The van der Waals surface area contributed by atoms with Crippen LogP contribution in [0.15, 0.2) is 18.2 Å². The van der Waals surface area contributed by atoms with Crippen LogP contribution in [0.2, 0.25) is 0 Å². The number of ether oxygens (including phenoxy) is 2. The average Bonchev–Trinajstić information content (AvgIpc) is 2.34. The van der Waals surface area contributed by atoms with E-state index in [9.17, 15) is 4.79 Å². The average molecular weight is 266 g/mol. The van der Waals surface area contributed by atoms with E-state index < -0.39 is 11.9 Å². The lowest BCUT2D eigenvalue weighted by molar-refractivity contribution is -0.119. The van der Waals surface area contributed by atoms with Crippen molar-refractivity contribution in [1.82, 2.24) is 0 Å². The lowest BCUT2D eigenvalue weighted by atomic mass is 9.86. The fourth-order valence-electron chi connectivity index (χ4n) is 1.61. The molecule has 5 heteroatoms. The molecule has 0 saturated heterocycles. The van der Waals surface area contributed by atoms with Gasteiger partial charge in [-0.2, -0.15) is 0 Å². The monoisotopic (exact) mass is 266 g/mol. The van der Waals surface area contributed by atoms with Gasteiger partial charge < -0.3 is 20.9 Å². The van der Waals surface area contributed by atoms with Crippen LogP contribution >= 0.6 is 0 Å². The number of hydrogen-bond acceptors (Lipinski definition) is 4. The molecule has 1 atom stereocenters. The molecule has 0 aliphatic carbocycles. The number of amides is 1. The van der Waals surface area contributed by atoms with Gasteiger partial charge in [0.25, 0.3) is 0 Å². The number of methoxy groups -OCH3 is 1. The third kappa shape index (κ3) is 4.13. The highest BCUT2D eigenvalue weighted by Crippen LogP contribution is 2.34. The molecule has 19 heavy (non-hydrogen) atoms. The second kappa shape index (κ2) is 5.93. The van der Waals surface area contributed by atoms with Gasteiger partial charge in [-0.05, 0) is 23.6 Å². The fraction of sp³-hybridized carbons (Fsp3) is 0.500. The molecule has 0 aromatic heterocycles. The summed E-state index contributed by atoms with van der Waals surface area (Å²) in [6.07, 6.45) is 0. The SMILES string of the molecule is COc1ccc(OCC(N)C(N)=O)c(C(C)(C)C)c1.